The highest BCUT2D eigenvalue weighted by molar-refractivity contribution is 6.31. The molecule has 0 atom stereocenters. The van der Waals surface area contributed by atoms with Crippen molar-refractivity contribution < 1.29 is 0 Å². The third kappa shape index (κ3) is 4.32. The fourth-order valence-electron chi connectivity index (χ4n) is 1.97. The van der Waals surface area contributed by atoms with Crippen LogP contribution in [0.1, 0.15) is 51.8 Å². The summed E-state index contributed by atoms with van der Waals surface area (Å²) in [6, 6.07) is 8.14. The predicted octanol–water partition coefficient (Wildman–Crippen LogP) is 4.54. The number of benzene rings is 1. The minimum atomic E-state index is 0.0795. The molecule has 21 heavy (non-hydrogen) atoms. The van der Waals surface area contributed by atoms with Crippen LogP contribution in [0.2, 0.25) is 5.02 Å². The molecular formula is C17H24ClN3. The van der Waals surface area contributed by atoms with Crippen LogP contribution in [0.25, 0.3) is 5.69 Å². The zero-order chi connectivity index (χ0) is 15.6. The molecule has 0 radical (unpaired) electrons. The fourth-order valence-corrected chi connectivity index (χ4v) is 2.21. The summed E-state index contributed by atoms with van der Waals surface area (Å²) in [6.07, 6.45) is 1.98. The second-order valence-electron chi connectivity index (χ2n) is 6.72. The van der Waals surface area contributed by atoms with Gasteiger partial charge in [-0.15, -0.1) is 0 Å². The average Bonchev–Trinajstić information content (AvgIpc) is 2.85. The molecule has 0 amide bonds. The van der Waals surface area contributed by atoms with Gasteiger partial charge in [-0.05, 0) is 50.5 Å². The van der Waals surface area contributed by atoms with E-state index in [4.69, 9.17) is 11.6 Å². The van der Waals surface area contributed by atoms with Crippen molar-refractivity contribution in [3.8, 4) is 5.69 Å². The first-order chi connectivity index (χ1) is 9.76. The maximum Gasteiger partial charge on any atom is 0.0660 e. The van der Waals surface area contributed by atoms with Gasteiger partial charge in [-0.1, -0.05) is 31.5 Å². The van der Waals surface area contributed by atoms with Gasteiger partial charge in [-0.2, -0.15) is 5.10 Å². The molecule has 1 N–H and O–H groups in total. The molecule has 114 valence electrons. The van der Waals surface area contributed by atoms with Crippen LogP contribution in [0.4, 0.5) is 0 Å². The minimum absolute atomic E-state index is 0.0795. The average molecular weight is 306 g/mol. The van der Waals surface area contributed by atoms with E-state index >= 15 is 0 Å². The molecular weight excluding hydrogens is 282 g/mol. The van der Waals surface area contributed by atoms with Crippen molar-refractivity contribution in [3.63, 3.8) is 0 Å². The van der Waals surface area contributed by atoms with Gasteiger partial charge < -0.3 is 5.32 Å². The molecule has 0 aliphatic heterocycles. The van der Waals surface area contributed by atoms with Crippen LogP contribution in [0.3, 0.4) is 0 Å². The summed E-state index contributed by atoms with van der Waals surface area (Å²) in [7, 11) is 0. The van der Waals surface area contributed by atoms with E-state index in [1.54, 1.807) is 0 Å². The Morgan fingerprint density at radius 2 is 1.95 bits per heavy atom. The monoisotopic (exact) mass is 305 g/mol. The molecule has 1 aromatic carbocycles. The molecule has 2 rings (SSSR count). The van der Waals surface area contributed by atoms with Crippen LogP contribution < -0.4 is 5.32 Å². The van der Waals surface area contributed by atoms with Crippen molar-refractivity contribution in [2.24, 2.45) is 0 Å². The van der Waals surface area contributed by atoms with Gasteiger partial charge >= 0.3 is 0 Å². The van der Waals surface area contributed by atoms with Crippen molar-refractivity contribution >= 4 is 11.6 Å². The van der Waals surface area contributed by atoms with Crippen molar-refractivity contribution in [2.75, 3.05) is 0 Å². The maximum atomic E-state index is 6.40. The van der Waals surface area contributed by atoms with E-state index in [0.717, 1.165) is 28.5 Å². The Morgan fingerprint density at radius 3 is 2.48 bits per heavy atom. The molecule has 3 nitrogen and oxygen atoms in total. The van der Waals surface area contributed by atoms with Gasteiger partial charge in [0.15, 0.2) is 0 Å². The number of hydrogen-bond donors (Lipinski definition) is 1. The zero-order valence-electron chi connectivity index (χ0n) is 13.4. The van der Waals surface area contributed by atoms with E-state index in [0.29, 0.717) is 5.92 Å². The molecule has 0 aliphatic rings. The highest BCUT2D eigenvalue weighted by Crippen LogP contribution is 2.21. The van der Waals surface area contributed by atoms with E-state index in [1.165, 1.54) is 0 Å². The molecule has 0 aliphatic carbocycles. The first-order valence-electron chi connectivity index (χ1n) is 7.35. The highest BCUT2D eigenvalue weighted by atomic mass is 35.5. The van der Waals surface area contributed by atoms with E-state index in [1.807, 2.05) is 23.0 Å². The van der Waals surface area contributed by atoms with Gasteiger partial charge in [0, 0.05) is 23.3 Å². The number of halogens is 1. The third-order valence-corrected chi connectivity index (χ3v) is 3.66. The van der Waals surface area contributed by atoms with Crippen molar-refractivity contribution in [3.05, 3.63) is 46.7 Å². The van der Waals surface area contributed by atoms with Gasteiger partial charge in [-0.3, -0.25) is 0 Å². The molecule has 4 heteroatoms. The normalized spacial score (nSPS) is 12.1. The smallest absolute Gasteiger partial charge is 0.0660 e. The van der Waals surface area contributed by atoms with E-state index in [9.17, 15) is 0 Å². The molecule has 0 bridgehead atoms. The van der Waals surface area contributed by atoms with Gasteiger partial charge in [0.1, 0.15) is 0 Å². The van der Waals surface area contributed by atoms with Crippen LogP contribution in [-0.4, -0.2) is 15.3 Å². The Kier molecular flexibility index (Phi) is 4.74. The van der Waals surface area contributed by atoms with Crippen LogP contribution in [0.5, 0.6) is 0 Å². The number of rotatable bonds is 4. The number of hydrogen-bond acceptors (Lipinski definition) is 2. The molecule has 1 aromatic heterocycles. The molecule has 0 spiro atoms. The van der Waals surface area contributed by atoms with Crippen molar-refractivity contribution in [1.82, 2.24) is 15.1 Å². The number of aromatic nitrogens is 2. The topological polar surface area (TPSA) is 29.9 Å². The fraction of sp³-hybridized carbons (Fsp3) is 0.471. The summed E-state index contributed by atoms with van der Waals surface area (Å²) in [6.45, 7) is 11.5. The first kappa shape index (κ1) is 16.1. The summed E-state index contributed by atoms with van der Waals surface area (Å²) < 4.78 is 1.88. The van der Waals surface area contributed by atoms with Gasteiger partial charge in [0.05, 0.1) is 11.4 Å². The summed E-state index contributed by atoms with van der Waals surface area (Å²) in [5.41, 5.74) is 3.26. The second kappa shape index (κ2) is 6.20. The second-order valence-corrected chi connectivity index (χ2v) is 7.13. The highest BCUT2D eigenvalue weighted by Gasteiger charge is 2.11. The molecule has 1 heterocycles. The Morgan fingerprint density at radius 1 is 1.24 bits per heavy atom. The minimum Gasteiger partial charge on any atom is -0.308 e. The van der Waals surface area contributed by atoms with Gasteiger partial charge in [0.25, 0.3) is 0 Å². The lowest BCUT2D eigenvalue weighted by molar-refractivity contribution is 0.424. The van der Waals surface area contributed by atoms with Crippen LogP contribution in [0, 0.1) is 0 Å². The summed E-state index contributed by atoms with van der Waals surface area (Å²) in [5.74, 6) is 0.428. The van der Waals surface area contributed by atoms with Crippen molar-refractivity contribution in [1.29, 1.82) is 0 Å². The standard InChI is InChI=1S/C17H24ClN3/c1-12(2)16-8-9-21(20-16)14-7-6-13(15(18)10-14)11-19-17(3,4)5/h6-10,12,19H,11H2,1-5H3. The van der Waals surface area contributed by atoms with Crippen LogP contribution in [0.15, 0.2) is 30.5 Å². The lowest BCUT2D eigenvalue weighted by Gasteiger charge is -2.21. The zero-order valence-corrected chi connectivity index (χ0v) is 14.2. The summed E-state index contributed by atoms with van der Waals surface area (Å²) >= 11 is 6.40. The number of nitrogens with one attached hydrogen (secondary N) is 1. The summed E-state index contributed by atoms with van der Waals surface area (Å²) in [4.78, 5) is 0. The Bertz CT molecular complexity index is 609. The Hall–Kier alpha value is -1.32. The van der Waals surface area contributed by atoms with Gasteiger partial charge in [-0.25, -0.2) is 4.68 Å². The molecule has 0 unspecified atom stereocenters. The van der Waals surface area contributed by atoms with Crippen molar-refractivity contribution in [2.45, 2.75) is 52.6 Å². The third-order valence-electron chi connectivity index (χ3n) is 3.31. The Balaban J connectivity index is 2.18. The van der Waals surface area contributed by atoms with Gasteiger partial charge in [0.2, 0.25) is 0 Å². The first-order valence-corrected chi connectivity index (χ1v) is 7.73. The lowest BCUT2D eigenvalue weighted by Crippen LogP contribution is -2.35. The molecule has 0 saturated carbocycles. The SMILES string of the molecule is CC(C)c1ccn(-c2ccc(CNC(C)(C)C)c(Cl)c2)n1. The molecule has 2 aromatic rings. The van der Waals surface area contributed by atoms with Crippen LogP contribution in [-0.2, 0) is 6.54 Å². The Labute approximate surface area is 132 Å². The van der Waals surface area contributed by atoms with E-state index < -0.39 is 0 Å². The number of nitrogens with zero attached hydrogens (tertiary/aromatic N) is 2. The van der Waals surface area contributed by atoms with E-state index in [2.05, 4.69) is 57.2 Å². The maximum absolute atomic E-state index is 6.40. The summed E-state index contributed by atoms with van der Waals surface area (Å²) in [5, 5.41) is 8.80. The van der Waals surface area contributed by atoms with Crippen LogP contribution >= 0.6 is 11.6 Å². The lowest BCUT2D eigenvalue weighted by atomic mass is 10.1. The quantitative estimate of drug-likeness (QED) is 0.899. The van der Waals surface area contributed by atoms with E-state index in [-0.39, 0.29) is 5.54 Å². The predicted molar refractivity (Wildman–Crippen MR) is 89.3 cm³/mol. The largest absolute Gasteiger partial charge is 0.308 e. The molecule has 0 saturated heterocycles. The molecule has 0 fully saturated rings.